The maximum atomic E-state index is 13.1. The van der Waals surface area contributed by atoms with Crippen molar-refractivity contribution in [2.75, 3.05) is 10.6 Å². The molecule has 2 aromatic carbocycles. The van der Waals surface area contributed by atoms with Gasteiger partial charge < -0.3 is 10.6 Å². The summed E-state index contributed by atoms with van der Waals surface area (Å²) in [6.45, 7) is 6.44. The van der Waals surface area contributed by atoms with Gasteiger partial charge in [0.1, 0.15) is 0 Å². The number of aromatic nitrogens is 2. The molecule has 0 radical (unpaired) electrons. The van der Waals surface area contributed by atoms with Crippen molar-refractivity contribution >= 4 is 29.0 Å². The molecule has 0 unspecified atom stereocenters. The summed E-state index contributed by atoms with van der Waals surface area (Å²) in [5.74, 6) is -2.02. The van der Waals surface area contributed by atoms with Crippen LogP contribution in [-0.4, -0.2) is 27.4 Å². The van der Waals surface area contributed by atoms with Gasteiger partial charge in [0.05, 0.1) is 28.2 Å². The number of hydrogen-bond acceptors (Lipinski definition) is 4. The van der Waals surface area contributed by atoms with E-state index in [4.69, 9.17) is 0 Å². The molecule has 0 aliphatic carbocycles. The molecule has 0 aliphatic heterocycles. The zero-order valence-electron chi connectivity index (χ0n) is 19.0. The van der Waals surface area contributed by atoms with Gasteiger partial charge in [-0.3, -0.25) is 14.4 Å². The maximum absolute atomic E-state index is 13.1. The van der Waals surface area contributed by atoms with E-state index >= 15 is 0 Å². The van der Waals surface area contributed by atoms with Gasteiger partial charge in [0, 0.05) is 17.8 Å². The monoisotopic (exact) mass is 472 g/mol. The largest absolute Gasteiger partial charge is 0.416 e. The Balaban J connectivity index is 1.89. The molecule has 1 aromatic heterocycles. The number of carbonyl (C=O) groups is 3. The van der Waals surface area contributed by atoms with E-state index in [2.05, 4.69) is 15.7 Å². The third kappa shape index (κ3) is 5.16. The number of amides is 2. The van der Waals surface area contributed by atoms with Gasteiger partial charge in [0.15, 0.2) is 0 Å². The summed E-state index contributed by atoms with van der Waals surface area (Å²) >= 11 is 0. The Labute approximate surface area is 194 Å². The summed E-state index contributed by atoms with van der Waals surface area (Å²) in [5, 5.41) is 9.42. The molecule has 7 nitrogen and oxygen atoms in total. The Kier molecular flexibility index (Phi) is 6.90. The summed E-state index contributed by atoms with van der Waals surface area (Å²) in [6, 6.07) is 9.45. The fourth-order valence-electron chi connectivity index (χ4n) is 3.41. The van der Waals surface area contributed by atoms with Gasteiger partial charge >= 0.3 is 6.18 Å². The van der Waals surface area contributed by atoms with E-state index in [0.29, 0.717) is 16.9 Å². The molecule has 0 saturated heterocycles. The van der Waals surface area contributed by atoms with Crippen molar-refractivity contribution in [2.45, 2.75) is 40.3 Å². The highest BCUT2D eigenvalue weighted by molar-refractivity contribution is 6.47. The third-order valence-corrected chi connectivity index (χ3v) is 5.23. The van der Waals surface area contributed by atoms with Crippen LogP contribution >= 0.6 is 0 Å². The molecule has 3 aromatic rings. The SMILES string of the molecule is CCC(=O)Nc1ccc(C)c(NC(=O)C(=O)c2c(C)nn(-c3cccc(C(F)(F)F)c3)c2C)c1. The Morgan fingerprint density at radius 2 is 1.71 bits per heavy atom. The Morgan fingerprint density at radius 1 is 1.00 bits per heavy atom. The van der Waals surface area contributed by atoms with E-state index in [0.717, 1.165) is 12.1 Å². The molecule has 0 aliphatic rings. The number of alkyl halides is 3. The van der Waals surface area contributed by atoms with Crippen molar-refractivity contribution in [3.63, 3.8) is 0 Å². The fourth-order valence-corrected chi connectivity index (χ4v) is 3.41. The zero-order valence-corrected chi connectivity index (χ0v) is 19.0. The van der Waals surface area contributed by atoms with Crippen molar-refractivity contribution < 1.29 is 27.6 Å². The lowest BCUT2D eigenvalue weighted by Gasteiger charge is -2.11. The summed E-state index contributed by atoms with van der Waals surface area (Å²) in [6.07, 6.45) is -4.25. The molecule has 10 heteroatoms. The number of benzene rings is 2. The Bertz CT molecular complexity index is 1280. The van der Waals surface area contributed by atoms with Gasteiger partial charge in [-0.25, -0.2) is 4.68 Å². The van der Waals surface area contributed by atoms with Gasteiger partial charge in [0.25, 0.3) is 11.7 Å². The fraction of sp³-hybridized carbons (Fsp3) is 0.250. The molecule has 3 rings (SSSR count). The van der Waals surface area contributed by atoms with Crippen LogP contribution in [0.5, 0.6) is 0 Å². The van der Waals surface area contributed by atoms with E-state index in [1.807, 2.05) is 0 Å². The van der Waals surface area contributed by atoms with Gasteiger partial charge in [-0.2, -0.15) is 18.3 Å². The molecular weight excluding hydrogens is 449 g/mol. The predicted octanol–water partition coefficient (Wildman–Crippen LogP) is 4.99. The average molecular weight is 472 g/mol. The van der Waals surface area contributed by atoms with Crippen LogP contribution in [0.2, 0.25) is 0 Å². The summed E-state index contributed by atoms with van der Waals surface area (Å²) < 4.78 is 40.5. The van der Waals surface area contributed by atoms with Crippen LogP contribution in [0.25, 0.3) is 5.69 Å². The van der Waals surface area contributed by atoms with Crippen molar-refractivity contribution in [2.24, 2.45) is 0 Å². The van der Waals surface area contributed by atoms with Crippen LogP contribution < -0.4 is 10.6 Å². The number of anilines is 2. The number of nitrogens with one attached hydrogen (secondary N) is 2. The molecule has 0 spiro atoms. The number of aryl methyl sites for hydroxylation is 2. The highest BCUT2D eigenvalue weighted by Crippen LogP contribution is 2.31. The third-order valence-electron chi connectivity index (χ3n) is 5.23. The van der Waals surface area contributed by atoms with Gasteiger partial charge in [0.2, 0.25) is 5.91 Å². The van der Waals surface area contributed by atoms with Crippen molar-refractivity contribution in [3.8, 4) is 5.69 Å². The number of carbonyl (C=O) groups excluding carboxylic acids is 3. The van der Waals surface area contributed by atoms with Crippen molar-refractivity contribution in [3.05, 3.63) is 70.5 Å². The molecule has 0 saturated carbocycles. The maximum Gasteiger partial charge on any atom is 0.416 e. The lowest BCUT2D eigenvalue weighted by atomic mass is 10.1. The minimum Gasteiger partial charge on any atom is -0.326 e. The molecule has 2 amide bonds. The normalized spacial score (nSPS) is 11.3. The molecule has 0 bridgehead atoms. The molecule has 0 fully saturated rings. The molecular formula is C24H23F3N4O3. The first-order valence-corrected chi connectivity index (χ1v) is 10.4. The minimum atomic E-state index is -4.53. The van der Waals surface area contributed by atoms with Crippen molar-refractivity contribution in [1.82, 2.24) is 9.78 Å². The van der Waals surface area contributed by atoms with Crippen LogP contribution in [0.1, 0.15) is 46.2 Å². The van der Waals surface area contributed by atoms with E-state index in [1.165, 1.54) is 30.7 Å². The first-order chi connectivity index (χ1) is 15.9. The number of hydrogen-bond donors (Lipinski definition) is 2. The average Bonchev–Trinajstić information content (AvgIpc) is 3.08. The molecule has 34 heavy (non-hydrogen) atoms. The second-order valence-corrected chi connectivity index (χ2v) is 7.72. The summed E-state index contributed by atoms with van der Waals surface area (Å²) in [5.41, 5.74) is 1.18. The summed E-state index contributed by atoms with van der Waals surface area (Å²) in [7, 11) is 0. The van der Waals surface area contributed by atoms with E-state index in [-0.39, 0.29) is 35.0 Å². The lowest BCUT2D eigenvalue weighted by Crippen LogP contribution is -2.24. The molecule has 2 N–H and O–H groups in total. The highest BCUT2D eigenvalue weighted by atomic mass is 19.4. The predicted molar refractivity (Wildman–Crippen MR) is 121 cm³/mol. The van der Waals surface area contributed by atoms with Crippen LogP contribution in [0.4, 0.5) is 24.5 Å². The van der Waals surface area contributed by atoms with Crippen LogP contribution in [-0.2, 0) is 15.8 Å². The topological polar surface area (TPSA) is 93.1 Å². The van der Waals surface area contributed by atoms with Gasteiger partial charge in [-0.1, -0.05) is 19.1 Å². The summed E-state index contributed by atoms with van der Waals surface area (Å²) in [4.78, 5) is 37.4. The smallest absolute Gasteiger partial charge is 0.326 e. The van der Waals surface area contributed by atoms with E-state index in [9.17, 15) is 27.6 Å². The standard InChI is InChI=1S/C24H23F3N4O3/c1-5-20(32)28-17-10-9-13(2)19(12-17)29-23(34)22(33)21-14(3)30-31(15(21)4)18-8-6-7-16(11-18)24(25,26)27/h6-12H,5H2,1-4H3,(H,28,32)(H,29,34). The first kappa shape index (κ1) is 24.7. The second-order valence-electron chi connectivity index (χ2n) is 7.72. The number of halogens is 3. The zero-order chi connectivity index (χ0) is 25.2. The van der Waals surface area contributed by atoms with E-state index < -0.39 is 23.4 Å². The quantitative estimate of drug-likeness (QED) is 0.391. The second kappa shape index (κ2) is 9.50. The number of rotatable bonds is 6. The lowest BCUT2D eigenvalue weighted by molar-refractivity contribution is -0.137. The Morgan fingerprint density at radius 3 is 2.35 bits per heavy atom. The van der Waals surface area contributed by atoms with Crippen LogP contribution in [0.15, 0.2) is 42.5 Å². The number of ketones is 1. The van der Waals surface area contributed by atoms with Crippen LogP contribution in [0, 0.1) is 20.8 Å². The van der Waals surface area contributed by atoms with E-state index in [1.54, 1.807) is 32.0 Å². The molecule has 0 atom stereocenters. The van der Waals surface area contributed by atoms with Crippen LogP contribution in [0.3, 0.4) is 0 Å². The minimum absolute atomic E-state index is 0.00278. The molecule has 1 heterocycles. The molecule has 178 valence electrons. The first-order valence-electron chi connectivity index (χ1n) is 10.4. The number of Topliss-reactive ketones (excluding diaryl/α,β-unsaturated/α-hetero) is 1. The van der Waals surface area contributed by atoms with Gasteiger partial charge in [-0.15, -0.1) is 0 Å². The highest BCUT2D eigenvalue weighted by Gasteiger charge is 2.31. The van der Waals surface area contributed by atoms with Crippen molar-refractivity contribution in [1.29, 1.82) is 0 Å². The van der Waals surface area contributed by atoms with Gasteiger partial charge in [-0.05, 0) is 56.7 Å². The number of nitrogens with zero attached hydrogens (tertiary/aromatic N) is 2. The Hall–Kier alpha value is -3.95.